The normalized spacial score (nSPS) is 13.2. The second-order valence-electron chi connectivity index (χ2n) is 4.29. The lowest BCUT2D eigenvalue weighted by molar-refractivity contribution is 0.275. The van der Waals surface area contributed by atoms with Crippen LogP contribution in [0.1, 0.15) is 32.0 Å². The molecule has 1 N–H and O–H groups in total. The maximum atomic E-state index is 9.16. The molecule has 3 nitrogen and oxygen atoms in total. The van der Waals surface area contributed by atoms with Crippen LogP contribution in [-0.2, 0) is 6.54 Å². The van der Waals surface area contributed by atoms with Gasteiger partial charge >= 0.3 is 0 Å². The summed E-state index contributed by atoms with van der Waals surface area (Å²) < 4.78 is 2.08. The van der Waals surface area contributed by atoms with Gasteiger partial charge in [-0.25, -0.2) is 4.98 Å². The van der Waals surface area contributed by atoms with E-state index in [1.807, 2.05) is 18.2 Å². The fourth-order valence-electron chi connectivity index (χ4n) is 2.02. The Morgan fingerprint density at radius 2 is 2.24 bits per heavy atom. The smallest absolute Gasteiger partial charge is 0.112 e. The Hall–Kier alpha value is -1.06. The van der Waals surface area contributed by atoms with Crippen LogP contribution >= 0.6 is 11.6 Å². The largest absolute Gasteiger partial charge is 0.395 e. The molecule has 1 heterocycles. The van der Waals surface area contributed by atoms with Gasteiger partial charge in [0.05, 0.1) is 17.6 Å². The first-order chi connectivity index (χ1) is 8.17. The predicted octanol–water partition coefficient (Wildman–Crippen LogP) is 3.20. The highest BCUT2D eigenvalue weighted by atomic mass is 35.5. The third kappa shape index (κ3) is 2.31. The van der Waals surface area contributed by atoms with Crippen molar-refractivity contribution in [3.63, 3.8) is 0 Å². The fourth-order valence-corrected chi connectivity index (χ4v) is 2.18. The molecular weight excluding hydrogens is 236 g/mol. The number of nitrogens with zero attached hydrogens (tertiary/aromatic N) is 2. The van der Waals surface area contributed by atoms with Crippen molar-refractivity contribution in [2.75, 3.05) is 6.61 Å². The molecule has 0 aliphatic rings. The van der Waals surface area contributed by atoms with Crippen molar-refractivity contribution in [2.24, 2.45) is 0 Å². The Balaban J connectivity index is 2.61. The number of aromatic nitrogens is 2. The van der Waals surface area contributed by atoms with Crippen molar-refractivity contribution in [3.05, 3.63) is 29.0 Å². The minimum Gasteiger partial charge on any atom is -0.395 e. The van der Waals surface area contributed by atoms with E-state index in [9.17, 15) is 0 Å². The van der Waals surface area contributed by atoms with Gasteiger partial charge in [-0.2, -0.15) is 0 Å². The Morgan fingerprint density at radius 3 is 2.88 bits per heavy atom. The van der Waals surface area contributed by atoms with Crippen molar-refractivity contribution in [1.82, 2.24) is 9.55 Å². The molecule has 1 aromatic carbocycles. The number of benzene rings is 1. The van der Waals surface area contributed by atoms with E-state index in [2.05, 4.69) is 23.4 Å². The zero-order valence-electron chi connectivity index (χ0n) is 10.2. The van der Waals surface area contributed by atoms with Gasteiger partial charge in [0.25, 0.3) is 0 Å². The number of hydrogen-bond donors (Lipinski definition) is 1. The number of halogens is 1. The van der Waals surface area contributed by atoms with Crippen molar-refractivity contribution in [2.45, 2.75) is 32.7 Å². The molecule has 1 atom stereocenters. The quantitative estimate of drug-likeness (QED) is 0.908. The van der Waals surface area contributed by atoms with Crippen molar-refractivity contribution in [1.29, 1.82) is 0 Å². The monoisotopic (exact) mass is 252 g/mol. The van der Waals surface area contributed by atoms with E-state index in [4.69, 9.17) is 16.7 Å². The molecule has 0 spiro atoms. The first-order valence-electron chi connectivity index (χ1n) is 5.94. The molecule has 0 fully saturated rings. The highest BCUT2D eigenvalue weighted by Crippen LogP contribution is 2.25. The summed E-state index contributed by atoms with van der Waals surface area (Å²) in [7, 11) is 0. The summed E-state index contributed by atoms with van der Waals surface area (Å²) in [5.74, 6) is 1.41. The molecule has 17 heavy (non-hydrogen) atoms. The molecule has 1 unspecified atom stereocenters. The molecule has 0 saturated heterocycles. The van der Waals surface area contributed by atoms with Gasteiger partial charge in [0, 0.05) is 17.5 Å². The van der Waals surface area contributed by atoms with Crippen molar-refractivity contribution < 1.29 is 5.11 Å². The Bertz CT molecular complexity index is 521. The third-order valence-corrected chi connectivity index (χ3v) is 3.35. The molecule has 0 saturated carbocycles. The maximum absolute atomic E-state index is 9.16. The van der Waals surface area contributed by atoms with Crippen LogP contribution in [0.15, 0.2) is 18.2 Å². The number of rotatable bonds is 4. The summed E-state index contributed by atoms with van der Waals surface area (Å²) >= 11 is 5.97. The lowest BCUT2D eigenvalue weighted by Gasteiger charge is -2.11. The van der Waals surface area contributed by atoms with E-state index in [-0.39, 0.29) is 6.61 Å². The van der Waals surface area contributed by atoms with Crippen LogP contribution in [0, 0.1) is 0 Å². The van der Waals surface area contributed by atoms with Crippen LogP contribution in [0.3, 0.4) is 0 Å². The standard InChI is InChI=1S/C13H17ClN2O/c1-3-9(2)13-15-11-8-10(14)4-5-12(11)16(13)6-7-17/h4-5,8-9,17H,3,6-7H2,1-2H3. The molecule has 0 bridgehead atoms. The summed E-state index contributed by atoms with van der Waals surface area (Å²) in [6, 6.07) is 5.70. The van der Waals surface area contributed by atoms with E-state index < -0.39 is 0 Å². The maximum Gasteiger partial charge on any atom is 0.112 e. The molecule has 92 valence electrons. The van der Waals surface area contributed by atoms with E-state index in [0.717, 1.165) is 23.3 Å². The fraction of sp³-hybridized carbons (Fsp3) is 0.462. The average Bonchev–Trinajstić information content (AvgIpc) is 2.67. The summed E-state index contributed by atoms with van der Waals surface area (Å²) in [5, 5.41) is 9.85. The topological polar surface area (TPSA) is 38.0 Å². The summed E-state index contributed by atoms with van der Waals surface area (Å²) in [4.78, 5) is 4.63. The van der Waals surface area contributed by atoms with Crippen LogP contribution in [0.5, 0.6) is 0 Å². The molecule has 0 aliphatic heterocycles. The first kappa shape index (κ1) is 12.4. The molecule has 1 aromatic heterocycles. The van der Waals surface area contributed by atoms with Gasteiger partial charge in [0.2, 0.25) is 0 Å². The van der Waals surface area contributed by atoms with Gasteiger partial charge < -0.3 is 9.67 Å². The molecule has 0 aliphatic carbocycles. The molecule has 2 rings (SSSR count). The second kappa shape index (κ2) is 5.07. The lowest BCUT2D eigenvalue weighted by Crippen LogP contribution is -2.09. The number of hydrogen-bond acceptors (Lipinski definition) is 2. The Morgan fingerprint density at radius 1 is 1.47 bits per heavy atom. The SMILES string of the molecule is CCC(C)c1nc2cc(Cl)ccc2n1CCO. The molecule has 2 aromatic rings. The van der Waals surface area contributed by atoms with Crippen LogP contribution in [0.2, 0.25) is 5.02 Å². The van der Waals surface area contributed by atoms with Gasteiger partial charge in [-0.1, -0.05) is 25.4 Å². The highest BCUT2D eigenvalue weighted by molar-refractivity contribution is 6.31. The van der Waals surface area contributed by atoms with Crippen molar-refractivity contribution in [3.8, 4) is 0 Å². The van der Waals surface area contributed by atoms with Gasteiger partial charge in [-0.15, -0.1) is 0 Å². The van der Waals surface area contributed by atoms with Crippen LogP contribution in [-0.4, -0.2) is 21.3 Å². The molecule has 4 heteroatoms. The summed E-state index contributed by atoms with van der Waals surface area (Å²) in [6.07, 6.45) is 1.03. The molecule has 0 radical (unpaired) electrons. The average molecular weight is 253 g/mol. The van der Waals surface area contributed by atoms with Gasteiger partial charge in [-0.05, 0) is 24.6 Å². The zero-order chi connectivity index (χ0) is 12.4. The van der Waals surface area contributed by atoms with E-state index in [1.165, 1.54) is 0 Å². The first-order valence-corrected chi connectivity index (χ1v) is 6.31. The number of imidazole rings is 1. The number of aliphatic hydroxyl groups excluding tert-OH is 1. The molecule has 0 amide bonds. The second-order valence-corrected chi connectivity index (χ2v) is 4.72. The Labute approximate surface area is 106 Å². The minimum atomic E-state index is 0.123. The number of fused-ring (bicyclic) bond motifs is 1. The van der Waals surface area contributed by atoms with Crippen molar-refractivity contribution >= 4 is 22.6 Å². The summed E-state index contributed by atoms with van der Waals surface area (Å²) in [6.45, 7) is 4.99. The highest BCUT2D eigenvalue weighted by Gasteiger charge is 2.15. The summed E-state index contributed by atoms with van der Waals surface area (Å²) in [5.41, 5.74) is 1.94. The van der Waals surface area contributed by atoms with Crippen LogP contribution in [0.25, 0.3) is 11.0 Å². The third-order valence-electron chi connectivity index (χ3n) is 3.12. The zero-order valence-corrected chi connectivity index (χ0v) is 10.9. The van der Waals surface area contributed by atoms with E-state index in [1.54, 1.807) is 0 Å². The number of aliphatic hydroxyl groups is 1. The van der Waals surface area contributed by atoms with Gasteiger partial charge in [0.1, 0.15) is 5.82 Å². The minimum absolute atomic E-state index is 0.123. The predicted molar refractivity (Wildman–Crippen MR) is 70.5 cm³/mol. The van der Waals surface area contributed by atoms with Crippen LogP contribution < -0.4 is 0 Å². The van der Waals surface area contributed by atoms with E-state index >= 15 is 0 Å². The van der Waals surface area contributed by atoms with Crippen LogP contribution in [0.4, 0.5) is 0 Å². The van der Waals surface area contributed by atoms with Gasteiger partial charge in [0.15, 0.2) is 0 Å². The van der Waals surface area contributed by atoms with E-state index in [0.29, 0.717) is 17.5 Å². The molecular formula is C13H17ClN2O. The Kier molecular flexibility index (Phi) is 3.69. The lowest BCUT2D eigenvalue weighted by atomic mass is 10.1. The van der Waals surface area contributed by atoms with Gasteiger partial charge in [-0.3, -0.25) is 0 Å².